The summed E-state index contributed by atoms with van der Waals surface area (Å²) < 4.78 is 9.92. The lowest BCUT2D eigenvalue weighted by atomic mass is 10.2. The predicted molar refractivity (Wildman–Crippen MR) is 65.7 cm³/mol. The SMILES string of the molecule is Cc1cc(Cl)ccc1OCC(=O)OCC(O)CO. The summed E-state index contributed by atoms with van der Waals surface area (Å²) in [6.07, 6.45) is -1.06. The molecular formula is C12H15ClO5. The molecule has 0 spiro atoms. The number of aryl methyl sites for hydroxylation is 1. The van der Waals surface area contributed by atoms with Crippen LogP contribution in [0.5, 0.6) is 5.75 Å². The van der Waals surface area contributed by atoms with E-state index >= 15 is 0 Å². The van der Waals surface area contributed by atoms with Crippen LogP contribution in [0.4, 0.5) is 0 Å². The minimum Gasteiger partial charge on any atom is -0.482 e. The van der Waals surface area contributed by atoms with Crippen LogP contribution in [0, 0.1) is 6.92 Å². The fraction of sp³-hybridized carbons (Fsp3) is 0.417. The van der Waals surface area contributed by atoms with E-state index in [4.69, 9.17) is 26.6 Å². The molecule has 0 fully saturated rings. The molecule has 18 heavy (non-hydrogen) atoms. The Bertz CT molecular complexity index is 407. The molecule has 1 unspecified atom stereocenters. The molecule has 0 amide bonds. The van der Waals surface area contributed by atoms with Crippen molar-refractivity contribution in [3.8, 4) is 5.75 Å². The smallest absolute Gasteiger partial charge is 0.344 e. The van der Waals surface area contributed by atoms with Crippen molar-refractivity contribution < 1.29 is 24.5 Å². The van der Waals surface area contributed by atoms with E-state index in [-0.39, 0.29) is 13.2 Å². The van der Waals surface area contributed by atoms with Gasteiger partial charge in [0.05, 0.1) is 6.61 Å². The first-order chi connectivity index (χ1) is 8.52. The second kappa shape index (κ2) is 7.20. The molecule has 1 atom stereocenters. The van der Waals surface area contributed by atoms with E-state index < -0.39 is 18.7 Å². The summed E-state index contributed by atoms with van der Waals surface area (Å²) in [4.78, 5) is 11.2. The molecular weight excluding hydrogens is 260 g/mol. The number of halogens is 1. The molecule has 0 aromatic heterocycles. The molecule has 100 valence electrons. The molecule has 0 heterocycles. The lowest BCUT2D eigenvalue weighted by Crippen LogP contribution is -2.24. The van der Waals surface area contributed by atoms with E-state index in [1.54, 1.807) is 18.2 Å². The Morgan fingerprint density at radius 3 is 2.83 bits per heavy atom. The topological polar surface area (TPSA) is 76.0 Å². The van der Waals surface area contributed by atoms with E-state index in [9.17, 15) is 4.79 Å². The number of hydrogen-bond acceptors (Lipinski definition) is 5. The first kappa shape index (κ1) is 14.8. The van der Waals surface area contributed by atoms with Crippen molar-refractivity contribution in [3.63, 3.8) is 0 Å². The third-order valence-electron chi connectivity index (χ3n) is 2.13. The zero-order valence-corrected chi connectivity index (χ0v) is 10.7. The van der Waals surface area contributed by atoms with Crippen molar-refractivity contribution in [1.82, 2.24) is 0 Å². The summed E-state index contributed by atoms with van der Waals surface area (Å²) in [6, 6.07) is 5.04. The molecule has 6 heteroatoms. The van der Waals surface area contributed by atoms with Gasteiger partial charge in [-0.2, -0.15) is 0 Å². The minimum atomic E-state index is -1.06. The van der Waals surface area contributed by atoms with Crippen LogP contribution in [0.3, 0.4) is 0 Å². The van der Waals surface area contributed by atoms with Gasteiger partial charge in [0.1, 0.15) is 18.5 Å². The normalized spacial score (nSPS) is 12.0. The summed E-state index contributed by atoms with van der Waals surface area (Å²) in [6.45, 7) is 0.839. The van der Waals surface area contributed by atoms with Gasteiger partial charge < -0.3 is 19.7 Å². The van der Waals surface area contributed by atoms with Gasteiger partial charge in [-0.15, -0.1) is 0 Å². The van der Waals surface area contributed by atoms with Crippen LogP contribution in [0.2, 0.25) is 5.02 Å². The Morgan fingerprint density at radius 1 is 1.50 bits per heavy atom. The number of aliphatic hydroxyl groups is 2. The quantitative estimate of drug-likeness (QED) is 0.755. The van der Waals surface area contributed by atoms with Crippen LogP contribution in [-0.4, -0.2) is 42.1 Å². The number of esters is 1. The van der Waals surface area contributed by atoms with Gasteiger partial charge in [-0.25, -0.2) is 4.79 Å². The van der Waals surface area contributed by atoms with Gasteiger partial charge >= 0.3 is 5.97 Å². The number of ether oxygens (including phenoxy) is 2. The van der Waals surface area contributed by atoms with Crippen molar-refractivity contribution in [2.45, 2.75) is 13.0 Å². The zero-order chi connectivity index (χ0) is 13.5. The van der Waals surface area contributed by atoms with E-state index in [2.05, 4.69) is 4.74 Å². The average molecular weight is 275 g/mol. The largest absolute Gasteiger partial charge is 0.482 e. The zero-order valence-electron chi connectivity index (χ0n) is 9.93. The maximum atomic E-state index is 11.2. The molecule has 0 saturated heterocycles. The van der Waals surface area contributed by atoms with Crippen molar-refractivity contribution in [1.29, 1.82) is 0 Å². The van der Waals surface area contributed by atoms with Crippen LogP contribution >= 0.6 is 11.6 Å². The van der Waals surface area contributed by atoms with Gasteiger partial charge in [-0.05, 0) is 30.7 Å². The van der Waals surface area contributed by atoms with Gasteiger partial charge in [0.25, 0.3) is 0 Å². The molecule has 0 aliphatic heterocycles. The monoisotopic (exact) mass is 274 g/mol. The second-order valence-corrected chi connectivity index (χ2v) is 4.15. The number of hydrogen-bond donors (Lipinski definition) is 2. The Balaban J connectivity index is 2.38. The van der Waals surface area contributed by atoms with Crippen LogP contribution in [0.1, 0.15) is 5.56 Å². The minimum absolute atomic E-state index is 0.252. The van der Waals surface area contributed by atoms with Crippen molar-refractivity contribution in [3.05, 3.63) is 28.8 Å². The Morgan fingerprint density at radius 2 is 2.22 bits per heavy atom. The summed E-state index contributed by atoms with van der Waals surface area (Å²) in [5, 5.41) is 18.1. The number of aliphatic hydroxyl groups excluding tert-OH is 2. The Kier molecular flexibility index (Phi) is 5.91. The molecule has 1 rings (SSSR count). The second-order valence-electron chi connectivity index (χ2n) is 3.72. The fourth-order valence-electron chi connectivity index (χ4n) is 1.19. The number of carbonyl (C=O) groups excluding carboxylic acids is 1. The molecule has 5 nitrogen and oxygen atoms in total. The number of carbonyl (C=O) groups is 1. The molecule has 0 saturated carbocycles. The highest BCUT2D eigenvalue weighted by Crippen LogP contribution is 2.21. The lowest BCUT2D eigenvalue weighted by Gasteiger charge is -2.10. The molecule has 1 aromatic carbocycles. The van der Waals surface area contributed by atoms with Gasteiger partial charge in [0, 0.05) is 5.02 Å². The Labute approximate surface area is 110 Å². The highest BCUT2D eigenvalue weighted by molar-refractivity contribution is 6.30. The van der Waals surface area contributed by atoms with Gasteiger partial charge in [0.2, 0.25) is 0 Å². The van der Waals surface area contributed by atoms with E-state index in [0.717, 1.165) is 5.56 Å². The third-order valence-corrected chi connectivity index (χ3v) is 2.37. The van der Waals surface area contributed by atoms with Crippen LogP contribution in [0.15, 0.2) is 18.2 Å². The third kappa shape index (κ3) is 4.91. The van der Waals surface area contributed by atoms with Crippen molar-refractivity contribution in [2.75, 3.05) is 19.8 Å². The van der Waals surface area contributed by atoms with Gasteiger partial charge in [-0.1, -0.05) is 11.6 Å². The van der Waals surface area contributed by atoms with E-state index in [1.165, 1.54) is 0 Å². The van der Waals surface area contributed by atoms with Crippen LogP contribution in [-0.2, 0) is 9.53 Å². The summed E-state index contributed by atoms with van der Waals surface area (Å²) >= 11 is 5.78. The maximum Gasteiger partial charge on any atom is 0.344 e. The molecule has 0 aliphatic carbocycles. The first-order valence-corrected chi connectivity index (χ1v) is 5.74. The number of rotatable bonds is 6. The maximum absolute atomic E-state index is 11.2. The summed E-state index contributed by atoms with van der Waals surface area (Å²) in [7, 11) is 0. The molecule has 0 aliphatic rings. The molecule has 1 aromatic rings. The standard InChI is InChI=1S/C12H15ClO5/c1-8-4-9(13)2-3-11(8)17-7-12(16)18-6-10(15)5-14/h2-4,10,14-15H,5-7H2,1H3. The predicted octanol–water partition coefficient (Wildman–Crippen LogP) is 0.924. The molecule has 0 radical (unpaired) electrons. The van der Waals surface area contributed by atoms with Gasteiger partial charge in [-0.3, -0.25) is 0 Å². The first-order valence-electron chi connectivity index (χ1n) is 5.36. The Hall–Kier alpha value is -1.30. The van der Waals surface area contributed by atoms with Crippen LogP contribution in [0.25, 0.3) is 0 Å². The van der Waals surface area contributed by atoms with Crippen molar-refractivity contribution in [2.24, 2.45) is 0 Å². The highest BCUT2D eigenvalue weighted by atomic mass is 35.5. The summed E-state index contributed by atoms with van der Waals surface area (Å²) in [5.74, 6) is -0.0732. The summed E-state index contributed by atoms with van der Waals surface area (Å²) in [5.41, 5.74) is 0.811. The van der Waals surface area contributed by atoms with Gasteiger partial charge in [0.15, 0.2) is 6.61 Å². The highest BCUT2D eigenvalue weighted by Gasteiger charge is 2.09. The van der Waals surface area contributed by atoms with E-state index in [1.807, 2.05) is 6.92 Å². The molecule has 2 N–H and O–H groups in total. The lowest BCUT2D eigenvalue weighted by molar-refractivity contribution is -0.149. The van der Waals surface area contributed by atoms with Crippen LogP contribution < -0.4 is 4.74 Å². The fourth-order valence-corrected chi connectivity index (χ4v) is 1.42. The van der Waals surface area contributed by atoms with Crippen molar-refractivity contribution >= 4 is 17.6 Å². The number of benzene rings is 1. The molecule has 0 bridgehead atoms. The average Bonchev–Trinajstić information content (AvgIpc) is 2.34. The van der Waals surface area contributed by atoms with E-state index in [0.29, 0.717) is 10.8 Å².